The Balaban J connectivity index is 2.08. The molecule has 4 N–H and O–H groups in total. The van der Waals surface area contributed by atoms with Crippen molar-refractivity contribution in [3.8, 4) is 5.75 Å². The molecule has 0 bridgehead atoms. The Labute approximate surface area is 109 Å². The van der Waals surface area contributed by atoms with Crippen molar-refractivity contribution < 1.29 is 13.9 Å². The van der Waals surface area contributed by atoms with E-state index in [-0.39, 0.29) is 18.0 Å². The van der Waals surface area contributed by atoms with Crippen LogP contribution in [0.1, 0.15) is 15.9 Å². The second-order valence-corrected chi connectivity index (χ2v) is 4.01. The molecule has 0 unspecified atom stereocenters. The summed E-state index contributed by atoms with van der Waals surface area (Å²) in [5, 5.41) is 0. The number of nitrogens with two attached hydrogens (primary N) is 2. The SMILES string of the molecule is NC(=O)c1ccc(COc2c(N)cccc2F)cc1. The molecule has 2 aromatic rings. The third kappa shape index (κ3) is 3.01. The second kappa shape index (κ2) is 5.39. The predicted molar refractivity (Wildman–Crippen MR) is 70.1 cm³/mol. The minimum absolute atomic E-state index is 0.0291. The van der Waals surface area contributed by atoms with Gasteiger partial charge in [-0.25, -0.2) is 4.39 Å². The molecular weight excluding hydrogens is 247 g/mol. The zero-order valence-corrected chi connectivity index (χ0v) is 10.1. The summed E-state index contributed by atoms with van der Waals surface area (Å²) < 4.78 is 18.8. The molecule has 1 amide bonds. The number of benzene rings is 2. The lowest BCUT2D eigenvalue weighted by Crippen LogP contribution is -2.10. The number of hydrogen-bond acceptors (Lipinski definition) is 3. The fraction of sp³-hybridized carbons (Fsp3) is 0.0714. The summed E-state index contributed by atoms with van der Waals surface area (Å²) in [6, 6.07) is 10.9. The summed E-state index contributed by atoms with van der Waals surface area (Å²) in [7, 11) is 0. The van der Waals surface area contributed by atoms with Crippen molar-refractivity contribution in [2.24, 2.45) is 5.73 Å². The van der Waals surface area contributed by atoms with Crippen molar-refractivity contribution in [2.45, 2.75) is 6.61 Å². The van der Waals surface area contributed by atoms with Crippen LogP contribution in [0, 0.1) is 5.82 Å². The Morgan fingerprint density at radius 2 is 1.84 bits per heavy atom. The van der Waals surface area contributed by atoms with Gasteiger partial charge in [0.25, 0.3) is 0 Å². The smallest absolute Gasteiger partial charge is 0.248 e. The van der Waals surface area contributed by atoms with E-state index >= 15 is 0 Å². The van der Waals surface area contributed by atoms with Gasteiger partial charge in [-0.05, 0) is 29.8 Å². The highest BCUT2D eigenvalue weighted by Crippen LogP contribution is 2.25. The van der Waals surface area contributed by atoms with Gasteiger partial charge in [0.1, 0.15) is 6.61 Å². The largest absolute Gasteiger partial charge is 0.484 e. The van der Waals surface area contributed by atoms with Crippen LogP contribution in [0.15, 0.2) is 42.5 Å². The number of ether oxygens (including phenoxy) is 1. The highest BCUT2D eigenvalue weighted by atomic mass is 19.1. The molecule has 0 radical (unpaired) electrons. The van der Waals surface area contributed by atoms with E-state index in [1.54, 1.807) is 30.3 Å². The Morgan fingerprint density at radius 3 is 2.42 bits per heavy atom. The Kier molecular flexibility index (Phi) is 3.66. The number of amides is 1. The van der Waals surface area contributed by atoms with Gasteiger partial charge in [-0.2, -0.15) is 0 Å². The van der Waals surface area contributed by atoms with Crippen LogP contribution in [0.2, 0.25) is 0 Å². The number of para-hydroxylation sites is 1. The molecule has 0 saturated heterocycles. The first-order valence-corrected chi connectivity index (χ1v) is 5.63. The van der Waals surface area contributed by atoms with E-state index in [1.807, 2.05) is 0 Å². The van der Waals surface area contributed by atoms with Crippen molar-refractivity contribution in [1.29, 1.82) is 0 Å². The van der Waals surface area contributed by atoms with Gasteiger partial charge >= 0.3 is 0 Å². The van der Waals surface area contributed by atoms with E-state index in [0.29, 0.717) is 5.56 Å². The van der Waals surface area contributed by atoms with E-state index in [0.717, 1.165) is 5.56 Å². The summed E-state index contributed by atoms with van der Waals surface area (Å²) >= 11 is 0. The first-order chi connectivity index (χ1) is 9.08. The normalized spacial score (nSPS) is 10.2. The van der Waals surface area contributed by atoms with Crippen molar-refractivity contribution in [3.63, 3.8) is 0 Å². The monoisotopic (exact) mass is 260 g/mol. The molecule has 0 aliphatic heterocycles. The number of nitrogen functional groups attached to an aromatic ring is 1. The van der Waals surface area contributed by atoms with E-state index in [4.69, 9.17) is 16.2 Å². The topological polar surface area (TPSA) is 78.3 Å². The first-order valence-electron chi connectivity index (χ1n) is 5.63. The Bertz CT molecular complexity index is 577. The van der Waals surface area contributed by atoms with E-state index < -0.39 is 11.7 Å². The summed E-state index contributed by atoms with van der Waals surface area (Å²) in [4.78, 5) is 10.9. The molecular formula is C14H13FN2O2. The van der Waals surface area contributed by atoms with Crippen LogP contribution in [-0.4, -0.2) is 5.91 Å². The quantitative estimate of drug-likeness (QED) is 0.826. The summed E-state index contributed by atoms with van der Waals surface area (Å²) in [5.41, 5.74) is 12.2. The average molecular weight is 260 g/mol. The van der Waals surface area contributed by atoms with Crippen LogP contribution in [0.25, 0.3) is 0 Å². The van der Waals surface area contributed by atoms with Crippen LogP contribution in [0.4, 0.5) is 10.1 Å². The van der Waals surface area contributed by atoms with Gasteiger partial charge in [0.2, 0.25) is 5.91 Å². The molecule has 0 fully saturated rings. The average Bonchev–Trinajstić information content (AvgIpc) is 2.38. The maximum atomic E-state index is 13.5. The number of primary amides is 1. The fourth-order valence-electron chi connectivity index (χ4n) is 1.60. The maximum absolute atomic E-state index is 13.5. The van der Waals surface area contributed by atoms with E-state index in [2.05, 4.69) is 0 Å². The van der Waals surface area contributed by atoms with Gasteiger partial charge in [0, 0.05) is 5.56 Å². The number of carbonyl (C=O) groups is 1. The predicted octanol–water partition coefficient (Wildman–Crippen LogP) is 2.09. The van der Waals surface area contributed by atoms with Crippen LogP contribution in [0.5, 0.6) is 5.75 Å². The van der Waals surface area contributed by atoms with Crippen molar-refractivity contribution in [1.82, 2.24) is 0 Å². The number of carbonyl (C=O) groups excluding carboxylic acids is 1. The van der Waals surface area contributed by atoms with Gasteiger partial charge < -0.3 is 16.2 Å². The molecule has 4 nitrogen and oxygen atoms in total. The number of rotatable bonds is 4. The summed E-state index contributed by atoms with van der Waals surface area (Å²) in [5.74, 6) is -0.971. The molecule has 0 aromatic heterocycles. The number of anilines is 1. The number of hydrogen-bond donors (Lipinski definition) is 2. The minimum atomic E-state index is -0.506. The van der Waals surface area contributed by atoms with Crippen LogP contribution in [-0.2, 0) is 6.61 Å². The lowest BCUT2D eigenvalue weighted by Gasteiger charge is -2.09. The Morgan fingerprint density at radius 1 is 1.16 bits per heavy atom. The van der Waals surface area contributed by atoms with Crippen LogP contribution in [0.3, 0.4) is 0 Å². The number of halogens is 1. The fourth-order valence-corrected chi connectivity index (χ4v) is 1.60. The summed E-state index contributed by atoms with van der Waals surface area (Å²) in [6.07, 6.45) is 0. The van der Waals surface area contributed by atoms with Gasteiger partial charge in [0.15, 0.2) is 11.6 Å². The molecule has 0 spiro atoms. The third-order valence-corrected chi connectivity index (χ3v) is 2.62. The molecule has 98 valence electrons. The lowest BCUT2D eigenvalue weighted by atomic mass is 10.1. The molecule has 0 heterocycles. The maximum Gasteiger partial charge on any atom is 0.248 e. The highest BCUT2D eigenvalue weighted by Gasteiger charge is 2.07. The summed E-state index contributed by atoms with van der Waals surface area (Å²) in [6.45, 7) is 0.157. The van der Waals surface area contributed by atoms with Crippen molar-refractivity contribution in [3.05, 3.63) is 59.4 Å². The van der Waals surface area contributed by atoms with Gasteiger partial charge in [-0.3, -0.25) is 4.79 Å². The molecule has 0 aliphatic carbocycles. The lowest BCUT2D eigenvalue weighted by molar-refractivity contribution is 0.1000. The van der Waals surface area contributed by atoms with Crippen LogP contribution >= 0.6 is 0 Å². The van der Waals surface area contributed by atoms with E-state index in [1.165, 1.54) is 12.1 Å². The zero-order valence-electron chi connectivity index (χ0n) is 10.1. The molecule has 5 heteroatoms. The van der Waals surface area contributed by atoms with Crippen molar-refractivity contribution >= 4 is 11.6 Å². The van der Waals surface area contributed by atoms with Gasteiger partial charge in [0.05, 0.1) is 5.69 Å². The minimum Gasteiger partial charge on any atom is -0.484 e. The molecule has 0 aliphatic rings. The zero-order chi connectivity index (χ0) is 13.8. The van der Waals surface area contributed by atoms with E-state index in [9.17, 15) is 9.18 Å². The second-order valence-electron chi connectivity index (χ2n) is 4.01. The molecule has 2 rings (SSSR count). The highest BCUT2D eigenvalue weighted by molar-refractivity contribution is 5.92. The third-order valence-electron chi connectivity index (χ3n) is 2.62. The standard InChI is InChI=1S/C14H13FN2O2/c15-11-2-1-3-12(16)13(11)19-8-9-4-6-10(7-5-9)14(17)18/h1-7H,8,16H2,(H2,17,18). The molecule has 0 saturated carbocycles. The Hall–Kier alpha value is -2.56. The van der Waals surface area contributed by atoms with Crippen molar-refractivity contribution in [2.75, 3.05) is 5.73 Å². The van der Waals surface area contributed by atoms with Gasteiger partial charge in [-0.1, -0.05) is 18.2 Å². The molecule has 2 aromatic carbocycles. The molecule has 19 heavy (non-hydrogen) atoms. The molecule has 0 atom stereocenters. The van der Waals surface area contributed by atoms with Crippen LogP contribution < -0.4 is 16.2 Å². The van der Waals surface area contributed by atoms with Gasteiger partial charge in [-0.15, -0.1) is 0 Å². The first kappa shape index (κ1) is 12.9.